The minimum absolute atomic E-state index is 0.193. The summed E-state index contributed by atoms with van der Waals surface area (Å²) in [6, 6.07) is 8.35. The van der Waals surface area contributed by atoms with E-state index in [1.807, 2.05) is 6.92 Å². The normalized spacial score (nSPS) is 13.2. The van der Waals surface area contributed by atoms with Gasteiger partial charge in [0.05, 0.1) is 11.1 Å². The Morgan fingerprint density at radius 3 is 2.62 bits per heavy atom. The van der Waals surface area contributed by atoms with Crippen LogP contribution in [-0.2, 0) is 0 Å². The summed E-state index contributed by atoms with van der Waals surface area (Å²) in [5, 5.41) is 12.5. The summed E-state index contributed by atoms with van der Waals surface area (Å²) in [4.78, 5) is 16.1. The molecule has 5 nitrogen and oxygen atoms in total. The molecule has 2 rings (SSSR count). The van der Waals surface area contributed by atoms with Gasteiger partial charge in [-0.3, -0.25) is 9.78 Å². The fourth-order valence-electron chi connectivity index (χ4n) is 2.29. The van der Waals surface area contributed by atoms with Crippen molar-refractivity contribution in [2.45, 2.75) is 26.4 Å². The number of halogens is 1. The highest BCUT2D eigenvalue weighted by molar-refractivity contribution is 6.32. The van der Waals surface area contributed by atoms with E-state index in [0.29, 0.717) is 35.1 Å². The van der Waals surface area contributed by atoms with Crippen LogP contribution in [0.1, 0.15) is 30.6 Å². The second-order valence-corrected chi connectivity index (χ2v) is 6.24. The number of nitrogens with zero attached hydrogens (tertiary/aromatic N) is 1. The first-order valence-corrected chi connectivity index (χ1v) is 8.17. The SMILES string of the molecule is CC(O)CC(C)CNC(=O)c1ccc(Oc2ccncc2)c(Cl)c1. The van der Waals surface area contributed by atoms with Crippen molar-refractivity contribution in [3.05, 3.63) is 53.3 Å². The number of amides is 1. The first-order chi connectivity index (χ1) is 11.5. The van der Waals surface area contributed by atoms with Gasteiger partial charge in [0.25, 0.3) is 5.91 Å². The van der Waals surface area contributed by atoms with Gasteiger partial charge in [-0.15, -0.1) is 0 Å². The Bertz CT molecular complexity index is 677. The number of pyridine rings is 1. The van der Waals surface area contributed by atoms with Crippen LogP contribution in [0.2, 0.25) is 5.02 Å². The van der Waals surface area contributed by atoms with Crippen LogP contribution >= 0.6 is 11.6 Å². The van der Waals surface area contributed by atoms with E-state index in [0.717, 1.165) is 0 Å². The van der Waals surface area contributed by atoms with Gasteiger partial charge in [-0.2, -0.15) is 0 Å². The van der Waals surface area contributed by atoms with Crippen LogP contribution in [0.5, 0.6) is 11.5 Å². The predicted octanol–water partition coefficient (Wildman–Crippen LogP) is 3.66. The number of carbonyl (C=O) groups is 1. The highest BCUT2D eigenvalue weighted by atomic mass is 35.5. The van der Waals surface area contributed by atoms with E-state index in [1.165, 1.54) is 0 Å². The average Bonchev–Trinajstić information content (AvgIpc) is 2.55. The van der Waals surface area contributed by atoms with Crippen molar-refractivity contribution in [3.63, 3.8) is 0 Å². The molecule has 2 unspecified atom stereocenters. The molecule has 2 N–H and O–H groups in total. The zero-order valence-corrected chi connectivity index (χ0v) is 14.5. The van der Waals surface area contributed by atoms with E-state index < -0.39 is 0 Å². The van der Waals surface area contributed by atoms with Crippen LogP contribution in [-0.4, -0.2) is 28.6 Å². The number of aliphatic hydroxyl groups is 1. The molecule has 24 heavy (non-hydrogen) atoms. The first kappa shape index (κ1) is 18.2. The third-order valence-corrected chi connectivity index (χ3v) is 3.72. The van der Waals surface area contributed by atoms with Crippen molar-refractivity contribution in [1.29, 1.82) is 0 Å². The maximum atomic E-state index is 12.2. The number of hydrogen-bond donors (Lipinski definition) is 2. The van der Waals surface area contributed by atoms with Crippen LogP contribution < -0.4 is 10.1 Å². The van der Waals surface area contributed by atoms with Gasteiger partial charge >= 0.3 is 0 Å². The van der Waals surface area contributed by atoms with Crippen LogP contribution in [0.15, 0.2) is 42.7 Å². The fourth-order valence-corrected chi connectivity index (χ4v) is 2.51. The van der Waals surface area contributed by atoms with Gasteiger partial charge < -0.3 is 15.2 Å². The number of carbonyl (C=O) groups excluding carboxylic acids is 1. The lowest BCUT2D eigenvalue weighted by Crippen LogP contribution is -2.29. The van der Waals surface area contributed by atoms with E-state index in [-0.39, 0.29) is 17.9 Å². The van der Waals surface area contributed by atoms with Crippen molar-refractivity contribution in [2.75, 3.05) is 6.54 Å². The Balaban J connectivity index is 1.97. The molecule has 0 bridgehead atoms. The molecule has 0 fully saturated rings. The van der Waals surface area contributed by atoms with Crippen LogP contribution in [0.25, 0.3) is 0 Å². The molecule has 0 saturated carbocycles. The van der Waals surface area contributed by atoms with Crippen molar-refractivity contribution in [3.8, 4) is 11.5 Å². The number of hydrogen-bond acceptors (Lipinski definition) is 4. The quantitative estimate of drug-likeness (QED) is 0.801. The molecule has 1 amide bonds. The smallest absolute Gasteiger partial charge is 0.251 e. The fraction of sp³-hybridized carbons (Fsp3) is 0.333. The Morgan fingerprint density at radius 2 is 2.00 bits per heavy atom. The van der Waals surface area contributed by atoms with Crippen molar-refractivity contribution >= 4 is 17.5 Å². The van der Waals surface area contributed by atoms with Gasteiger partial charge in [0.15, 0.2) is 0 Å². The summed E-state index contributed by atoms with van der Waals surface area (Å²) in [6.45, 7) is 4.21. The van der Waals surface area contributed by atoms with Gasteiger partial charge in [-0.25, -0.2) is 0 Å². The summed E-state index contributed by atoms with van der Waals surface area (Å²) < 4.78 is 5.65. The number of rotatable bonds is 7. The highest BCUT2D eigenvalue weighted by Gasteiger charge is 2.12. The molecule has 128 valence electrons. The predicted molar refractivity (Wildman–Crippen MR) is 93.6 cm³/mol. The highest BCUT2D eigenvalue weighted by Crippen LogP contribution is 2.29. The number of benzene rings is 1. The minimum Gasteiger partial charge on any atom is -0.456 e. The Hall–Kier alpha value is -2.11. The summed E-state index contributed by atoms with van der Waals surface area (Å²) in [6.07, 6.45) is 3.51. The Labute approximate surface area is 146 Å². The molecule has 0 saturated heterocycles. The summed E-state index contributed by atoms with van der Waals surface area (Å²) in [5.41, 5.74) is 0.464. The zero-order chi connectivity index (χ0) is 17.5. The molecule has 0 aliphatic carbocycles. The lowest BCUT2D eigenvalue weighted by molar-refractivity contribution is 0.0939. The van der Waals surface area contributed by atoms with E-state index in [1.54, 1.807) is 49.6 Å². The van der Waals surface area contributed by atoms with Crippen LogP contribution in [0, 0.1) is 5.92 Å². The largest absolute Gasteiger partial charge is 0.456 e. The van der Waals surface area contributed by atoms with Crippen molar-refractivity contribution in [1.82, 2.24) is 10.3 Å². The average molecular weight is 349 g/mol. The Morgan fingerprint density at radius 1 is 1.29 bits per heavy atom. The second-order valence-electron chi connectivity index (χ2n) is 5.83. The number of aromatic nitrogens is 1. The number of aliphatic hydroxyl groups excluding tert-OH is 1. The monoisotopic (exact) mass is 348 g/mol. The molecular formula is C18H21ClN2O3. The minimum atomic E-state index is -0.379. The lowest BCUT2D eigenvalue weighted by atomic mass is 10.0. The van der Waals surface area contributed by atoms with E-state index in [9.17, 15) is 9.90 Å². The Kier molecular flexibility index (Phi) is 6.58. The van der Waals surface area contributed by atoms with E-state index in [4.69, 9.17) is 16.3 Å². The molecule has 0 aliphatic heterocycles. The maximum absolute atomic E-state index is 12.2. The second kappa shape index (κ2) is 8.66. The third-order valence-electron chi connectivity index (χ3n) is 3.43. The summed E-state index contributed by atoms with van der Waals surface area (Å²) in [7, 11) is 0. The summed E-state index contributed by atoms with van der Waals surface area (Å²) >= 11 is 6.20. The van der Waals surface area contributed by atoms with Gasteiger partial charge in [0.1, 0.15) is 11.5 Å². The molecule has 1 heterocycles. The maximum Gasteiger partial charge on any atom is 0.251 e. The molecular weight excluding hydrogens is 328 g/mol. The molecule has 2 atom stereocenters. The first-order valence-electron chi connectivity index (χ1n) is 7.79. The van der Waals surface area contributed by atoms with Crippen molar-refractivity contribution < 1.29 is 14.6 Å². The van der Waals surface area contributed by atoms with Gasteiger partial charge in [-0.1, -0.05) is 18.5 Å². The molecule has 1 aromatic carbocycles. The van der Waals surface area contributed by atoms with Crippen LogP contribution in [0.4, 0.5) is 0 Å². The third kappa shape index (κ3) is 5.51. The van der Waals surface area contributed by atoms with E-state index >= 15 is 0 Å². The van der Waals surface area contributed by atoms with Crippen LogP contribution in [0.3, 0.4) is 0 Å². The zero-order valence-electron chi connectivity index (χ0n) is 13.7. The molecule has 6 heteroatoms. The van der Waals surface area contributed by atoms with Gasteiger partial charge in [0, 0.05) is 24.5 Å². The standard InChI is InChI=1S/C18H21ClN2O3/c1-12(9-13(2)22)11-21-18(23)14-3-4-17(16(19)10-14)24-15-5-7-20-8-6-15/h3-8,10,12-13,22H,9,11H2,1-2H3,(H,21,23). The molecule has 0 aliphatic rings. The number of nitrogens with one attached hydrogen (secondary N) is 1. The number of ether oxygens (including phenoxy) is 1. The van der Waals surface area contributed by atoms with Crippen molar-refractivity contribution in [2.24, 2.45) is 5.92 Å². The molecule has 2 aromatic rings. The molecule has 0 radical (unpaired) electrons. The molecule has 0 spiro atoms. The topological polar surface area (TPSA) is 71.5 Å². The van der Waals surface area contributed by atoms with Gasteiger partial charge in [0.2, 0.25) is 0 Å². The van der Waals surface area contributed by atoms with Gasteiger partial charge in [-0.05, 0) is 49.6 Å². The van der Waals surface area contributed by atoms with E-state index in [2.05, 4.69) is 10.3 Å². The lowest BCUT2D eigenvalue weighted by Gasteiger charge is -2.14. The molecule has 1 aromatic heterocycles. The summed E-state index contributed by atoms with van der Waals surface area (Å²) in [5.74, 6) is 1.08.